The molecule has 2 atom stereocenters. The van der Waals surface area contributed by atoms with Crippen molar-refractivity contribution in [2.24, 2.45) is 5.92 Å². The molecule has 2 rings (SSSR count). The smallest absolute Gasteiger partial charge is 0.253 e. The van der Waals surface area contributed by atoms with Crippen LogP contribution in [0, 0.1) is 17.8 Å². The molecule has 1 aliphatic heterocycles. The highest BCUT2D eigenvalue weighted by atomic mass is 16.5. The van der Waals surface area contributed by atoms with Gasteiger partial charge in [-0.15, -0.1) is 0 Å². The fourth-order valence-corrected chi connectivity index (χ4v) is 2.14. The van der Waals surface area contributed by atoms with Gasteiger partial charge in [0, 0.05) is 24.3 Å². The first-order valence-corrected chi connectivity index (χ1v) is 6.83. The number of benzene rings is 1. The molecular formula is C16H19NO3. The van der Waals surface area contributed by atoms with Crippen molar-refractivity contribution in [2.45, 2.75) is 25.9 Å². The Morgan fingerprint density at radius 1 is 1.55 bits per heavy atom. The van der Waals surface area contributed by atoms with Crippen LogP contribution in [0.2, 0.25) is 0 Å². The van der Waals surface area contributed by atoms with Crippen molar-refractivity contribution in [3.63, 3.8) is 0 Å². The van der Waals surface area contributed by atoms with E-state index in [9.17, 15) is 4.79 Å². The zero-order valence-corrected chi connectivity index (χ0v) is 11.6. The number of anilines is 1. The van der Waals surface area contributed by atoms with Crippen LogP contribution in [-0.4, -0.2) is 30.3 Å². The second kappa shape index (κ2) is 7.09. The zero-order chi connectivity index (χ0) is 14.4. The summed E-state index contributed by atoms with van der Waals surface area (Å²) in [5, 5.41) is 11.6. The molecule has 0 aliphatic carbocycles. The van der Waals surface area contributed by atoms with Crippen LogP contribution < -0.4 is 5.32 Å². The Labute approximate surface area is 119 Å². The number of carbonyl (C=O) groups is 1. The van der Waals surface area contributed by atoms with Crippen molar-refractivity contribution in [2.75, 3.05) is 18.5 Å². The minimum absolute atomic E-state index is 0.0559. The highest BCUT2D eigenvalue weighted by Crippen LogP contribution is 2.21. The van der Waals surface area contributed by atoms with E-state index >= 15 is 0 Å². The molecular weight excluding hydrogens is 254 g/mol. The van der Waals surface area contributed by atoms with Gasteiger partial charge < -0.3 is 15.2 Å². The fraction of sp³-hybridized carbons (Fsp3) is 0.438. The van der Waals surface area contributed by atoms with E-state index in [0.29, 0.717) is 18.7 Å². The Balaban J connectivity index is 2.01. The van der Waals surface area contributed by atoms with Crippen LogP contribution in [-0.2, 0) is 9.53 Å². The molecule has 0 saturated carbocycles. The molecule has 20 heavy (non-hydrogen) atoms. The lowest BCUT2D eigenvalue weighted by molar-refractivity contribution is -0.126. The molecule has 1 aromatic carbocycles. The van der Waals surface area contributed by atoms with Crippen LogP contribution in [0.4, 0.5) is 5.69 Å². The summed E-state index contributed by atoms with van der Waals surface area (Å²) >= 11 is 0. The number of nitrogens with one attached hydrogen (secondary N) is 1. The maximum atomic E-state index is 12.1. The van der Waals surface area contributed by atoms with Crippen LogP contribution in [0.25, 0.3) is 0 Å². The van der Waals surface area contributed by atoms with E-state index in [1.165, 1.54) is 0 Å². The number of ether oxygens (including phenoxy) is 1. The highest BCUT2D eigenvalue weighted by molar-refractivity contribution is 5.94. The number of amides is 1. The second-order valence-corrected chi connectivity index (χ2v) is 4.90. The van der Waals surface area contributed by atoms with Gasteiger partial charge in [-0.25, -0.2) is 0 Å². The summed E-state index contributed by atoms with van der Waals surface area (Å²) < 4.78 is 5.44. The SMILES string of the molecule is CC1CCOC1C(=O)Nc1cccc(C#CCCO)c1. The van der Waals surface area contributed by atoms with Crippen LogP contribution in [0.3, 0.4) is 0 Å². The molecule has 4 heteroatoms. The number of aliphatic hydroxyl groups is 1. The summed E-state index contributed by atoms with van der Waals surface area (Å²) in [6.07, 6.45) is 1.01. The average molecular weight is 273 g/mol. The fourth-order valence-electron chi connectivity index (χ4n) is 2.14. The summed E-state index contributed by atoms with van der Waals surface area (Å²) in [4.78, 5) is 12.1. The van der Waals surface area contributed by atoms with Gasteiger partial charge in [0.05, 0.1) is 6.61 Å². The third-order valence-corrected chi connectivity index (χ3v) is 3.25. The Kier molecular flexibility index (Phi) is 5.16. The first kappa shape index (κ1) is 14.6. The van der Waals surface area contributed by atoms with Gasteiger partial charge in [-0.1, -0.05) is 24.8 Å². The van der Waals surface area contributed by atoms with Gasteiger partial charge in [-0.05, 0) is 30.5 Å². The predicted molar refractivity (Wildman–Crippen MR) is 77.2 cm³/mol. The third kappa shape index (κ3) is 3.83. The largest absolute Gasteiger partial charge is 0.395 e. The lowest BCUT2D eigenvalue weighted by Gasteiger charge is -2.14. The van der Waals surface area contributed by atoms with Gasteiger partial charge in [0.1, 0.15) is 6.10 Å². The van der Waals surface area contributed by atoms with Gasteiger partial charge >= 0.3 is 0 Å². The standard InChI is InChI=1S/C16H19NO3/c1-12-8-10-20-15(12)16(19)17-14-7-4-6-13(11-14)5-2-3-9-18/h4,6-7,11-12,15,18H,3,8-10H2,1H3,(H,17,19). The molecule has 2 N–H and O–H groups in total. The normalized spacial score (nSPS) is 21.1. The Morgan fingerprint density at radius 2 is 2.40 bits per heavy atom. The molecule has 0 radical (unpaired) electrons. The van der Waals surface area contributed by atoms with E-state index < -0.39 is 0 Å². The van der Waals surface area contributed by atoms with Gasteiger partial charge in [-0.3, -0.25) is 4.79 Å². The summed E-state index contributed by atoms with van der Waals surface area (Å²) in [6, 6.07) is 7.36. The van der Waals surface area contributed by atoms with Crippen molar-refractivity contribution in [1.82, 2.24) is 0 Å². The average Bonchev–Trinajstić information content (AvgIpc) is 2.86. The number of aliphatic hydroxyl groups excluding tert-OH is 1. The van der Waals surface area contributed by atoms with Crippen LogP contribution in [0.1, 0.15) is 25.3 Å². The summed E-state index contributed by atoms with van der Waals surface area (Å²) in [6.45, 7) is 2.72. The van der Waals surface area contributed by atoms with E-state index in [-0.39, 0.29) is 24.5 Å². The molecule has 0 aromatic heterocycles. The molecule has 1 saturated heterocycles. The van der Waals surface area contributed by atoms with Crippen molar-refractivity contribution in [3.05, 3.63) is 29.8 Å². The van der Waals surface area contributed by atoms with Crippen molar-refractivity contribution in [1.29, 1.82) is 0 Å². The van der Waals surface area contributed by atoms with Crippen molar-refractivity contribution >= 4 is 11.6 Å². The molecule has 2 unspecified atom stereocenters. The quantitative estimate of drug-likeness (QED) is 0.825. The van der Waals surface area contributed by atoms with Crippen molar-refractivity contribution < 1.29 is 14.6 Å². The molecule has 1 fully saturated rings. The lowest BCUT2D eigenvalue weighted by Crippen LogP contribution is -2.31. The Hall–Kier alpha value is -1.83. The summed E-state index contributed by atoms with van der Waals surface area (Å²) in [5.41, 5.74) is 1.53. The van der Waals surface area contributed by atoms with E-state index in [0.717, 1.165) is 12.0 Å². The zero-order valence-electron chi connectivity index (χ0n) is 11.6. The van der Waals surface area contributed by atoms with E-state index in [2.05, 4.69) is 17.2 Å². The number of rotatable bonds is 3. The van der Waals surface area contributed by atoms with E-state index in [1.54, 1.807) is 0 Å². The van der Waals surface area contributed by atoms with Gasteiger partial charge in [0.15, 0.2) is 0 Å². The van der Waals surface area contributed by atoms with Crippen molar-refractivity contribution in [3.8, 4) is 11.8 Å². The first-order chi connectivity index (χ1) is 9.70. The molecule has 1 heterocycles. The Bertz CT molecular complexity index is 530. The second-order valence-electron chi connectivity index (χ2n) is 4.90. The van der Waals surface area contributed by atoms with Gasteiger partial charge in [0.25, 0.3) is 5.91 Å². The van der Waals surface area contributed by atoms with E-state index in [1.807, 2.05) is 31.2 Å². The van der Waals surface area contributed by atoms with Crippen LogP contribution in [0.5, 0.6) is 0 Å². The monoisotopic (exact) mass is 273 g/mol. The summed E-state index contributed by atoms with van der Waals surface area (Å²) in [7, 11) is 0. The maximum Gasteiger partial charge on any atom is 0.253 e. The highest BCUT2D eigenvalue weighted by Gasteiger charge is 2.30. The molecule has 1 aromatic rings. The molecule has 0 spiro atoms. The Morgan fingerprint density at radius 3 is 3.10 bits per heavy atom. The number of carbonyl (C=O) groups excluding carboxylic acids is 1. The maximum absolute atomic E-state index is 12.1. The number of hydrogen-bond donors (Lipinski definition) is 2. The topological polar surface area (TPSA) is 58.6 Å². The lowest BCUT2D eigenvalue weighted by atomic mass is 10.0. The molecule has 0 bridgehead atoms. The molecule has 1 amide bonds. The minimum Gasteiger partial charge on any atom is -0.395 e. The van der Waals surface area contributed by atoms with E-state index in [4.69, 9.17) is 9.84 Å². The molecule has 4 nitrogen and oxygen atoms in total. The van der Waals surface area contributed by atoms with Gasteiger partial charge in [0.2, 0.25) is 0 Å². The third-order valence-electron chi connectivity index (χ3n) is 3.25. The minimum atomic E-state index is -0.362. The molecule has 106 valence electrons. The first-order valence-electron chi connectivity index (χ1n) is 6.83. The predicted octanol–water partition coefficient (Wildman–Crippen LogP) is 1.78. The summed E-state index contributed by atoms with van der Waals surface area (Å²) in [5.74, 6) is 5.95. The van der Waals surface area contributed by atoms with Gasteiger partial charge in [-0.2, -0.15) is 0 Å². The van der Waals surface area contributed by atoms with Crippen LogP contribution >= 0.6 is 0 Å². The van der Waals surface area contributed by atoms with Crippen LogP contribution in [0.15, 0.2) is 24.3 Å². The molecule has 1 aliphatic rings. The number of hydrogen-bond acceptors (Lipinski definition) is 3.